The van der Waals surface area contributed by atoms with E-state index in [4.69, 9.17) is 14.8 Å². The van der Waals surface area contributed by atoms with Crippen molar-refractivity contribution < 1.29 is 33.5 Å². The van der Waals surface area contributed by atoms with Gasteiger partial charge in [0, 0.05) is 6.54 Å². The lowest BCUT2D eigenvalue weighted by atomic mass is 10.0. The van der Waals surface area contributed by atoms with Crippen LogP contribution in [-0.4, -0.2) is 59.0 Å². The van der Waals surface area contributed by atoms with E-state index < -0.39 is 38.6 Å². The van der Waals surface area contributed by atoms with Gasteiger partial charge in [-0.3, -0.25) is 13.8 Å². The molecule has 0 heterocycles. The molecule has 0 aliphatic rings. The summed E-state index contributed by atoms with van der Waals surface area (Å²) in [5.41, 5.74) is 5.36. The van der Waals surface area contributed by atoms with Crippen LogP contribution < -0.4 is 11.1 Å². The van der Waals surface area contributed by atoms with Gasteiger partial charge in [0.25, 0.3) is 0 Å². The van der Waals surface area contributed by atoms with Gasteiger partial charge in [-0.15, -0.1) is 0 Å². The van der Waals surface area contributed by atoms with Crippen LogP contribution in [0.15, 0.2) is 24.3 Å². The maximum Gasteiger partial charge on any atom is 0.472 e. The molecule has 0 saturated carbocycles. The third-order valence-corrected chi connectivity index (χ3v) is 10.8. The van der Waals surface area contributed by atoms with Gasteiger partial charge in [-0.05, 0) is 44.9 Å². The van der Waals surface area contributed by atoms with E-state index in [1.54, 1.807) is 6.08 Å². The first-order valence-corrected chi connectivity index (χ1v) is 23.5. The third kappa shape index (κ3) is 37.6. The van der Waals surface area contributed by atoms with E-state index in [1.807, 2.05) is 6.08 Å². The SMILES string of the molecule is CCCCCCCC/C=C\CCCC(O)CC(=O)NC(COP(=O)(O)OCCN)C(O)/C=C/CCCCCCCCCCCCCCCCCCCC. The number of allylic oxidation sites excluding steroid dienone is 3. The molecule has 0 aromatic carbocycles. The Morgan fingerprint density at radius 1 is 0.642 bits per heavy atom. The van der Waals surface area contributed by atoms with Crippen molar-refractivity contribution in [3.05, 3.63) is 24.3 Å². The summed E-state index contributed by atoms with van der Waals surface area (Å²) >= 11 is 0. The van der Waals surface area contributed by atoms with Gasteiger partial charge in [-0.25, -0.2) is 4.57 Å². The van der Waals surface area contributed by atoms with Crippen LogP contribution in [0.5, 0.6) is 0 Å². The first-order valence-electron chi connectivity index (χ1n) is 22.0. The van der Waals surface area contributed by atoms with Crippen molar-refractivity contribution in [2.45, 2.75) is 225 Å². The number of unbranched alkanes of at least 4 members (excludes halogenated alkanes) is 25. The molecule has 10 heteroatoms. The second-order valence-corrected chi connectivity index (χ2v) is 16.5. The number of aliphatic hydroxyl groups is 2. The molecule has 0 aliphatic heterocycles. The van der Waals surface area contributed by atoms with E-state index in [0.717, 1.165) is 38.5 Å². The van der Waals surface area contributed by atoms with Crippen LogP contribution in [0, 0.1) is 0 Å². The fourth-order valence-corrected chi connectivity index (χ4v) is 7.23. The maximum atomic E-state index is 12.8. The number of carbonyl (C=O) groups excluding carboxylic acids is 1. The van der Waals surface area contributed by atoms with Crippen molar-refractivity contribution in [3.8, 4) is 0 Å². The zero-order chi connectivity index (χ0) is 39.1. The van der Waals surface area contributed by atoms with Crippen molar-refractivity contribution in [2.24, 2.45) is 5.73 Å². The Morgan fingerprint density at radius 3 is 1.51 bits per heavy atom. The Labute approximate surface area is 326 Å². The van der Waals surface area contributed by atoms with Crippen molar-refractivity contribution in [2.75, 3.05) is 19.8 Å². The smallest absolute Gasteiger partial charge is 0.393 e. The lowest BCUT2D eigenvalue weighted by Crippen LogP contribution is -2.46. The summed E-state index contributed by atoms with van der Waals surface area (Å²) in [5.74, 6) is -0.462. The molecule has 53 heavy (non-hydrogen) atoms. The van der Waals surface area contributed by atoms with E-state index in [1.165, 1.54) is 141 Å². The predicted octanol–water partition coefficient (Wildman–Crippen LogP) is 11.1. The molecule has 0 bridgehead atoms. The lowest BCUT2D eigenvalue weighted by molar-refractivity contribution is -0.124. The summed E-state index contributed by atoms with van der Waals surface area (Å²) in [5, 5.41) is 24.0. The Kier molecular flexibility index (Phi) is 38.4. The molecule has 4 unspecified atom stereocenters. The van der Waals surface area contributed by atoms with Crippen LogP contribution in [0.2, 0.25) is 0 Å². The topological polar surface area (TPSA) is 151 Å². The lowest BCUT2D eigenvalue weighted by Gasteiger charge is -2.24. The highest BCUT2D eigenvalue weighted by molar-refractivity contribution is 7.47. The summed E-state index contributed by atoms with van der Waals surface area (Å²) in [6.45, 7) is 3.95. The average molecular weight is 773 g/mol. The zero-order valence-corrected chi connectivity index (χ0v) is 35.3. The Morgan fingerprint density at radius 2 is 1.06 bits per heavy atom. The monoisotopic (exact) mass is 773 g/mol. The van der Waals surface area contributed by atoms with Gasteiger partial charge < -0.3 is 26.2 Å². The highest BCUT2D eigenvalue weighted by Gasteiger charge is 2.27. The van der Waals surface area contributed by atoms with E-state index in [9.17, 15) is 24.5 Å². The quantitative estimate of drug-likeness (QED) is 0.0234. The van der Waals surface area contributed by atoms with Crippen LogP contribution in [0.25, 0.3) is 0 Å². The number of rotatable bonds is 41. The first-order chi connectivity index (χ1) is 25.8. The summed E-state index contributed by atoms with van der Waals surface area (Å²) in [6, 6.07) is -0.988. The number of aliphatic hydroxyl groups excluding tert-OH is 2. The fourth-order valence-electron chi connectivity index (χ4n) is 6.47. The van der Waals surface area contributed by atoms with Gasteiger partial charge in [0.2, 0.25) is 5.91 Å². The number of amides is 1. The standard InChI is InChI=1S/C43H85N2O7P/c1-3-5-7-9-11-13-15-16-17-18-19-20-21-22-23-25-27-29-31-33-35-42(47)41(39-52-53(49,50)51-37-36-44)45-43(48)38-40(46)34-32-30-28-26-24-14-12-10-8-6-4-2/h26,28,33,35,40-42,46-47H,3-25,27,29-32,34,36-39,44H2,1-2H3,(H,45,48)(H,49,50)/b28-26-,35-33+. The maximum absolute atomic E-state index is 12.8. The molecular formula is C43H85N2O7P. The van der Waals surface area contributed by atoms with Crippen molar-refractivity contribution >= 4 is 13.7 Å². The molecule has 0 fully saturated rings. The number of carbonyl (C=O) groups is 1. The van der Waals surface area contributed by atoms with Crippen LogP contribution in [0.3, 0.4) is 0 Å². The molecule has 4 atom stereocenters. The minimum Gasteiger partial charge on any atom is -0.393 e. The molecule has 314 valence electrons. The molecule has 0 aromatic heterocycles. The van der Waals surface area contributed by atoms with Crippen LogP contribution >= 0.6 is 7.82 Å². The third-order valence-electron chi connectivity index (χ3n) is 9.83. The highest BCUT2D eigenvalue weighted by atomic mass is 31.2. The van der Waals surface area contributed by atoms with Gasteiger partial charge in [-0.2, -0.15) is 0 Å². The number of nitrogens with two attached hydrogens (primary N) is 1. The second-order valence-electron chi connectivity index (χ2n) is 15.1. The molecule has 0 aliphatic carbocycles. The number of hydrogen-bond donors (Lipinski definition) is 5. The minimum atomic E-state index is -4.40. The average Bonchev–Trinajstić information content (AvgIpc) is 3.13. The highest BCUT2D eigenvalue weighted by Crippen LogP contribution is 2.43. The van der Waals surface area contributed by atoms with Crippen LogP contribution in [-0.2, 0) is 18.4 Å². The van der Waals surface area contributed by atoms with E-state index in [0.29, 0.717) is 6.42 Å². The van der Waals surface area contributed by atoms with E-state index >= 15 is 0 Å². The molecular weight excluding hydrogens is 687 g/mol. The summed E-state index contributed by atoms with van der Waals surface area (Å²) in [7, 11) is -4.40. The molecule has 0 radical (unpaired) electrons. The van der Waals surface area contributed by atoms with Crippen molar-refractivity contribution in [3.63, 3.8) is 0 Å². The normalized spacial score (nSPS) is 14.9. The molecule has 0 aromatic rings. The van der Waals surface area contributed by atoms with Gasteiger partial charge in [0.1, 0.15) is 0 Å². The van der Waals surface area contributed by atoms with E-state index in [2.05, 4.69) is 31.3 Å². The summed E-state index contributed by atoms with van der Waals surface area (Å²) in [6.07, 6.45) is 41.3. The van der Waals surface area contributed by atoms with Crippen molar-refractivity contribution in [1.29, 1.82) is 0 Å². The molecule has 9 nitrogen and oxygen atoms in total. The predicted molar refractivity (Wildman–Crippen MR) is 223 cm³/mol. The number of phosphoric ester groups is 1. The molecule has 0 rings (SSSR count). The number of hydrogen-bond acceptors (Lipinski definition) is 7. The first kappa shape index (κ1) is 51.9. The zero-order valence-electron chi connectivity index (χ0n) is 34.4. The largest absolute Gasteiger partial charge is 0.472 e. The number of nitrogens with one attached hydrogen (secondary N) is 1. The fraction of sp³-hybridized carbons (Fsp3) is 0.884. The molecule has 6 N–H and O–H groups in total. The van der Waals surface area contributed by atoms with E-state index in [-0.39, 0.29) is 19.6 Å². The van der Waals surface area contributed by atoms with Gasteiger partial charge in [-0.1, -0.05) is 179 Å². The van der Waals surface area contributed by atoms with Crippen LogP contribution in [0.1, 0.15) is 206 Å². The Balaban J connectivity index is 4.30. The van der Waals surface area contributed by atoms with Crippen LogP contribution in [0.4, 0.5) is 0 Å². The minimum absolute atomic E-state index is 0.0473. The summed E-state index contributed by atoms with van der Waals surface area (Å²) < 4.78 is 22.1. The van der Waals surface area contributed by atoms with Gasteiger partial charge in [0.15, 0.2) is 0 Å². The molecule has 0 spiro atoms. The number of phosphoric acid groups is 1. The van der Waals surface area contributed by atoms with Gasteiger partial charge >= 0.3 is 7.82 Å². The Bertz CT molecular complexity index is 904. The second kappa shape index (κ2) is 39.2. The Hall–Kier alpha value is -1.06. The molecule has 0 saturated heterocycles. The molecule has 1 amide bonds. The van der Waals surface area contributed by atoms with Gasteiger partial charge in [0.05, 0.1) is 37.9 Å². The summed E-state index contributed by atoms with van der Waals surface area (Å²) in [4.78, 5) is 22.7. The van der Waals surface area contributed by atoms with Crippen molar-refractivity contribution in [1.82, 2.24) is 5.32 Å².